The number of carbonyl (C=O) groups excluding carboxylic acids is 1. The number of aryl methyl sites for hydroxylation is 1. The van der Waals surface area contributed by atoms with Crippen LogP contribution in [0.25, 0.3) is 0 Å². The highest BCUT2D eigenvalue weighted by molar-refractivity contribution is 7.93. The normalized spacial score (nSPS) is 18.1. The van der Waals surface area contributed by atoms with Gasteiger partial charge in [0.15, 0.2) is 0 Å². The molecule has 0 aliphatic heterocycles. The van der Waals surface area contributed by atoms with Gasteiger partial charge in [-0.05, 0) is 51.2 Å². The van der Waals surface area contributed by atoms with Gasteiger partial charge in [0, 0.05) is 11.9 Å². The Morgan fingerprint density at radius 1 is 1.42 bits per heavy atom. The van der Waals surface area contributed by atoms with Crippen LogP contribution in [-0.2, 0) is 26.0 Å². The van der Waals surface area contributed by atoms with E-state index in [1.165, 1.54) is 0 Å². The second-order valence-corrected chi connectivity index (χ2v) is 7.75. The predicted molar refractivity (Wildman–Crippen MR) is 93.7 cm³/mol. The number of esters is 1. The highest BCUT2D eigenvalue weighted by atomic mass is 32.2. The molecule has 0 saturated heterocycles. The number of hydrogen-bond acceptors (Lipinski definition) is 4. The summed E-state index contributed by atoms with van der Waals surface area (Å²) in [5.74, 6) is -0.536. The summed E-state index contributed by atoms with van der Waals surface area (Å²) in [5.41, 5.74) is 1.16. The summed E-state index contributed by atoms with van der Waals surface area (Å²) in [6.45, 7) is 4.04. The SMILES string of the molecule is CCCCc1cccn1NS(=O)(=O)C1CCCC=C1C(=O)OCC. The van der Waals surface area contributed by atoms with Gasteiger partial charge in [0.1, 0.15) is 5.25 Å². The minimum absolute atomic E-state index is 0.231. The van der Waals surface area contributed by atoms with Crippen LogP contribution in [0.15, 0.2) is 30.0 Å². The van der Waals surface area contributed by atoms with Gasteiger partial charge in [-0.3, -0.25) is 4.68 Å². The van der Waals surface area contributed by atoms with Crippen LogP contribution in [-0.4, -0.2) is 30.9 Å². The molecule has 0 saturated carbocycles. The molecule has 1 atom stereocenters. The number of sulfonamides is 1. The van der Waals surface area contributed by atoms with E-state index in [0.717, 1.165) is 31.4 Å². The van der Waals surface area contributed by atoms with E-state index in [1.54, 1.807) is 23.9 Å². The van der Waals surface area contributed by atoms with Crippen LogP contribution in [0.5, 0.6) is 0 Å². The summed E-state index contributed by atoms with van der Waals surface area (Å²) in [5, 5.41) is -0.869. The van der Waals surface area contributed by atoms with Crippen molar-refractivity contribution in [2.45, 2.75) is 57.6 Å². The standard InChI is InChI=1S/C17H26N2O4S/c1-3-5-9-14-10-8-13-19(14)18-24(21,22)16-12-7-6-11-15(16)17(20)23-4-2/h8,10-11,13,16,18H,3-7,9,12H2,1-2H3. The lowest BCUT2D eigenvalue weighted by Gasteiger charge is -2.24. The molecule has 1 aromatic heterocycles. The van der Waals surface area contributed by atoms with Gasteiger partial charge in [0.05, 0.1) is 12.2 Å². The lowest BCUT2D eigenvalue weighted by atomic mass is 9.99. The fourth-order valence-electron chi connectivity index (χ4n) is 2.87. The molecular formula is C17H26N2O4S. The quantitative estimate of drug-likeness (QED) is 0.728. The third-order valence-electron chi connectivity index (χ3n) is 4.11. The van der Waals surface area contributed by atoms with E-state index in [1.807, 2.05) is 12.1 Å². The highest BCUT2D eigenvalue weighted by Gasteiger charge is 2.35. The molecule has 0 amide bonds. The van der Waals surface area contributed by atoms with Crippen molar-refractivity contribution < 1.29 is 17.9 Å². The topological polar surface area (TPSA) is 77.4 Å². The van der Waals surface area contributed by atoms with Crippen LogP contribution < -0.4 is 4.83 Å². The van der Waals surface area contributed by atoms with Gasteiger partial charge in [-0.1, -0.05) is 19.4 Å². The molecule has 7 heteroatoms. The number of nitrogens with one attached hydrogen (secondary N) is 1. The maximum atomic E-state index is 12.8. The molecule has 1 N–H and O–H groups in total. The van der Waals surface area contributed by atoms with Crippen LogP contribution in [0.3, 0.4) is 0 Å². The van der Waals surface area contributed by atoms with Gasteiger partial charge in [-0.2, -0.15) is 0 Å². The summed E-state index contributed by atoms with van der Waals surface area (Å²) in [7, 11) is -3.72. The van der Waals surface area contributed by atoms with Crippen LogP contribution in [0, 0.1) is 0 Å². The third kappa shape index (κ3) is 4.41. The first-order valence-electron chi connectivity index (χ1n) is 8.54. The van der Waals surface area contributed by atoms with Crippen molar-refractivity contribution in [2.75, 3.05) is 11.4 Å². The Morgan fingerprint density at radius 2 is 2.21 bits per heavy atom. The summed E-state index contributed by atoms with van der Waals surface area (Å²) in [6, 6.07) is 3.72. The van der Waals surface area contributed by atoms with Crippen LogP contribution >= 0.6 is 0 Å². The molecule has 1 unspecified atom stereocenters. The molecule has 0 bridgehead atoms. The smallest absolute Gasteiger partial charge is 0.335 e. The van der Waals surface area contributed by atoms with Gasteiger partial charge < -0.3 is 4.74 Å². The average molecular weight is 354 g/mol. The molecule has 6 nitrogen and oxygen atoms in total. The van der Waals surface area contributed by atoms with Gasteiger partial charge in [0.25, 0.3) is 10.0 Å². The lowest BCUT2D eigenvalue weighted by molar-refractivity contribution is -0.138. The van der Waals surface area contributed by atoms with Crippen LogP contribution in [0.1, 0.15) is 51.6 Å². The summed E-state index contributed by atoms with van der Waals surface area (Å²) >= 11 is 0. The Balaban J connectivity index is 2.20. The lowest BCUT2D eigenvalue weighted by Crippen LogP contribution is -2.38. The van der Waals surface area contributed by atoms with E-state index in [9.17, 15) is 13.2 Å². The molecule has 2 rings (SSSR count). The minimum atomic E-state index is -3.72. The number of aromatic nitrogens is 1. The Morgan fingerprint density at radius 3 is 2.92 bits per heavy atom. The van der Waals surface area contributed by atoms with Gasteiger partial charge in [-0.25, -0.2) is 18.0 Å². The Labute approximate surface area is 143 Å². The number of rotatable bonds is 8. The van der Waals surface area contributed by atoms with Gasteiger partial charge in [-0.15, -0.1) is 0 Å². The molecule has 0 aromatic carbocycles. The summed E-state index contributed by atoms with van der Waals surface area (Å²) in [6.07, 6.45) is 8.08. The maximum Gasteiger partial charge on any atom is 0.335 e. The first-order valence-corrected chi connectivity index (χ1v) is 10.1. The van der Waals surface area contributed by atoms with E-state index in [4.69, 9.17) is 4.74 Å². The minimum Gasteiger partial charge on any atom is -0.463 e. The first-order chi connectivity index (χ1) is 11.5. The van der Waals surface area contributed by atoms with Crippen LogP contribution in [0.2, 0.25) is 0 Å². The molecule has 134 valence electrons. The van der Waals surface area contributed by atoms with Gasteiger partial charge in [0.2, 0.25) is 0 Å². The highest BCUT2D eigenvalue weighted by Crippen LogP contribution is 2.26. The van der Waals surface area contributed by atoms with E-state index >= 15 is 0 Å². The average Bonchev–Trinajstić information content (AvgIpc) is 2.99. The van der Waals surface area contributed by atoms with E-state index in [2.05, 4.69) is 11.8 Å². The zero-order valence-corrected chi connectivity index (χ0v) is 15.1. The molecule has 1 heterocycles. The van der Waals surface area contributed by atoms with Crippen molar-refractivity contribution in [3.63, 3.8) is 0 Å². The molecule has 0 fully saturated rings. The number of allylic oxidation sites excluding steroid dienone is 1. The third-order valence-corrected chi connectivity index (χ3v) is 5.80. The van der Waals surface area contributed by atoms with Crippen molar-refractivity contribution in [1.82, 2.24) is 4.68 Å². The fourth-order valence-corrected chi connectivity index (χ4v) is 4.45. The van der Waals surface area contributed by atoms with Crippen LogP contribution in [0.4, 0.5) is 0 Å². The second-order valence-electron chi connectivity index (χ2n) is 5.91. The molecule has 0 spiro atoms. The van der Waals surface area contributed by atoms with Crippen molar-refractivity contribution >= 4 is 16.0 Å². The summed E-state index contributed by atoms with van der Waals surface area (Å²) in [4.78, 5) is 14.7. The van der Waals surface area contributed by atoms with Crippen molar-refractivity contribution in [3.05, 3.63) is 35.7 Å². The second kappa shape index (κ2) is 8.37. The zero-order chi connectivity index (χ0) is 17.6. The number of ether oxygens (including phenoxy) is 1. The first kappa shape index (κ1) is 18.6. The largest absolute Gasteiger partial charge is 0.463 e. The molecule has 1 aliphatic rings. The Kier molecular flexibility index (Phi) is 6.48. The molecule has 1 aliphatic carbocycles. The van der Waals surface area contributed by atoms with E-state index in [-0.39, 0.29) is 12.2 Å². The number of unbranched alkanes of at least 4 members (excludes halogenated alkanes) is 1. The zero-order valence-electron chi connectivity index (χ0n) is 14.3. The predicted octanol–water partition coefficient (Wildman–Crippen LogP) is 2.75. The molecule has 24 heavy (non-hydrogen) atoms. The van der Waals surface area contributed by atoms with E-state index < -0.39 is 21.2 Å². The van der Waals surface area contributed by atoms with Crippen molar-refractivity contribution in [1.29, 1.82) is 0 Å². The molecule has 1 aromatic rings. The van der Waals surface area contributed by atoms with Crippen molar-refractivity contribution in [2.24, 2.45) is 0 Å². The van der Waals surface area contributed by atoms with E-state index in [0.29, 0.717) is 12.8 Å². The number of hydrogen-bond donors (Lipinski definition) is 1. The number of nitrogens with zero attached hydrogens (tertiary/aromatic N) is 1. The van der Waals surface area contributed by atoms with Crippen molar-refractivity contribution in [3.8, 4) is 0 Å². The Hall–Kier alpha value is -1.76. The fraction of sp³-hybridized carbons (Fsp3) is 0.588. The Bertz CT molecular complexity index is 691. The maximum absolute atomic E-state index is 12.8. The molecule has 0 radical (unpaired) electrons. The summed E-state index contributed by atoms with van der Waals surface area (Å²) < 4.78 is 32.2. The van der Waals surface area contributed by atoms with Gasteiger partial charge >= 0.3 is 5.97 Å². The molecular weight excluding hydrogens is 328 g/mol. The monoisotopic (exact) mass is 354 g/mol. The number of carbonyl (C=O) groups is 1.